The molecule has 0 amide bonds. The average Bonchev–Trinajstić information content (AvgIpc) is 2.82. The van der Waals surface area contributed by atoms with Crippen LogP contribution in [0.3, 0.4) is 0 Å². The Hall–Kier alpha value is -3.15. The number of nitrogens with one attached hydrogen (secondary N) is 2. The number of pyridine rings is 1. The zero-order valence-electron chi connectivity index (χ0n) is 16.2. The van der Waals surface area contributed by atoms with E-state index in [9.17, 15) is 9.59 Å². The minimum atomic E-state index is -0.396. The number of esters is 1. The first-order valence-electron chi connectivity index (χ1n) is 9.30. The number of carbonyl (C=O) groups excluding carboxylic acids is 2. The van der Waals surface area contributed by atoms with Gasteiger partial charge in [-0.3, -0.25) is 9.78 Å². The summed E-state index contributed by atoms with van der Waals surface area (Å²) in [6, 6.07) is 8.85. The van der Waals surface area contributed by atoms with E-state index in [1.165, 1.54) is 7.11 Å². The number of ketones is 1. The lowest BCUT2D eigenvalue weighted by Crippen LogP contribution is -2.31. The predicted molar refractivity (Wildman–Crippen MR) is 107 cm³/mol. The standard InChI is InChI=1S/C22H23N3O3/c1-22(2)10-17-19(18(26)11-22)20(14-5-4-8-23-12-14)25-15-7-6-13(21(27)28-3)9-16(15)24-17/h4-9,12,20,24-25H,10-11H2,1-3H3. The van der Waals surface area contributed by atoms with Gasteiger partial charge in [0.1, 0.15) is 0 Å². The minimum absolute atomic E-state index is 0.126. The van der Waals surface area contributed by atoms with Crippen molar-refractivity contribution in [3.05, 3.63) is 65.1 Å². The third kappa shape index (κ3) is 3.26. The predicted octanol–water partition coefficient (Wildman–Crippen LogP) is 4.09. The topological polar surface area (TPSA) is 80.3 Å². The van der Waals surface area contributed by atoms with Crippen LogP contribution in [-0.2, 0) is 9.53 Å². The van der Waals surface area contributed by atoms with Crippen LogP contribution >= 0.6 is 0 Å². The molecule has 4 rings (SSSR count). The SMILES string of the molecule is COC(=O)c1ccc2c(c1)NC1=C(C(=O)CC(C)(C)C1)C(c1cccnc1)N2. The van der Waals surface area contributed by atoms with Crippen LogP contribution in [0.4, 0.5) is 11.4 Å². The van der Waals surface area contributed by atoms with E-state index in [1.807, 2.05) is 18.2 Å². The van der Waals surface area contributed by atoms with Crippen LogP contribution in [0.1, 0.15) is 48.7 Å². The lowest BCUT2D eigenvalue weighted by molar-refractivity contribution is -0.118. The van der Waals surface area contributed by atoms with Gasteiger partial charge in [0.15, 0.2) is 5.78 Å². The molecule has 6 heteroatoms. The van der Waals surface area contributed by atoms with Crippen molar-refractivity contribution in [1.29, 1.82) is 0 Å². The Morgan fingerprint density at radius 3 is 2.75 bits per heavy atom. The molecular weight excluding hydrogens is 354 g/mol. The molecule has 2 heterocycles. The maximum absolute atomic E-state index is 13.1. The van der Waals surface area contributed by atoms with E-state index in [1.54, 1.807) is 24.5 Å². The number of anilines is 2. The zero-order valence-corrected chi connectivity index (χ0v) is 16.2. The van der Waals surface area contributed by atoms with Crippen LogP contribution < -0.4 is 10.6 Å². The second kappa shape index (κ2) is 6.78. The number of hydrogen-bond acceptors (Lipinski definition) is 6. The van der Waals surface area contributed by atoms with Crippen LogP contribution in [-0.4, -0.2) is 23.8 Å². The highest BCUT2D eigenvalue weighted by molar-refractivity contribution is 6.01. The van der Waals surface area contributed by atoms with Crippen molar-refractivity contribution in [3.8, 4) is 0 Å². The number of hydrogen-bond donors (Lipinski definition) is 2. The average molecular weight is 377 g/mol. The van der Waals surface area contributed by atoms with Crippen LogP contribution in [0.5, 0.6) is 0 Å². The Balaban J connectivity index is 1.86. The molecule has 1 atom stereocenters. The smallest absolute Gasteiger partial charge is 0.337 e. The van der Waals surface area contributed by atoms with Crippen molar-refractivity contribution in [2.75, 3.05) is 17.7 Å². The quantitative estimate of drug-likeness (QED) is 0.768. The monoisotopic (exact) mass is 377 g/mol. The van der Waals surface area contributed by atoms with Gasteiger partial charge in [-0.1, -0.05) is 19.9 Å². The van der Waals surface area contributed by atoms with Crippen molar-refractivity contribution in [2.24, 2.45) is 5.41 Å². The van der Waals surface area contributed by atoms with Gasteiger partial charge in [-0.15, -0.1) is 0 Å². The molecule has 1 aliphatic heterocycles. The minimum Gasteiger partial charge on any atom is -0.465 e. The zero-order chi connectivity index (χ0) is 19.9. The number of ether oxygens (including phenoxy) is 1. The fourth-order valence-corrected chi connectivity index (χ4v) is 3.99. The Labute approximate surface area is 164 Å². The first-order valence-corrected chi connectivity index (χ1v) is 9.30. The molecule has 2 N–H and O–H groups in total. The van der Waals surface area contributed by atoms with Crippen LogP contribution in [0.2, 0.25) is 0 Å². The summed E-state index contributed by atoms with van der Waals surface area (Å²) in [5.74, 6) is -0.270. The Morgan fingerprint density at radius 2 is 2.04 bits per heavy atom. The van der Waals surface area contributed by atoms with Crippen molar-refractivity contribution < 1.29 is 14.3 Å². The largest absolute Gasteiger partial charge is 0.465 e. The molecule has 0 saturated carbocycles. The second-order valence-corrected chi connectivity index (χ2v) is 8.07. The van der Waals surface area contributed by atoms with E-state index in [4.69, 9.17) is 4.74 Å². The lowest BCUT2D eigenvalue weighted by atomic mass is 9.73. The highest BCUT2D eigenvalue weighted by atomic mass is 16.5. The fourth-order valence-electron chi connectivity index (χ4n) is 3.99. The molecular formula is C22H23N3O3. The number of benzene rings is 1. The number of aromatic nitrogens is 1. The number of nitrogens with zero attached hydrogens (tertiary/aromatic N) is 1. The van der Waals surface area contributed by atoms with Gasteiger partial charge in [-0.2, -0.15) is 0 Å². The van der Waals surface area contributed by atoms with E-state index < -0.39 is 5.97 Å². The number of carbonyl (C=O) groups is 2. The van der Waals surface area contributed by atoms with Gasteiger partial charge < -0.3 is 15.4 Å². The summed E-state index contributed by atoms with van der Waals surface area (Å²) in [6.45, 7) is 4.19. The first-order chi connectivity index (χ1) is 13.4. The third-order valence-corrected chi connectivity index (χ3v) is 5.25. The van der Waals surface area contributed by atoms with E-state index in [2.05, 4.69) is 29.5 Å². The van der Waals surface area contributed by atoms with Gasteiger partial charge in [0.25, 0.3) is 0 Å². The molecule has 2 aromatic rings. The van der Waals surface area contributed by atoms with Gasteiger partial charge >= 0.3 is 5.97 Å². The summed E-state index contributed by atoms with van der Waals surface area (Å²) in [4.78, 5) is 29.3. The first kappa shape index (κ1) is 18.2. The van der Waals surface area contributed by atoms with Crippen molar-refractivity contribution in [1.82, 2.24) is 4.98 Å². The van der Waals surface area contributed by atoms with Crippen LogP contribution in [0.15, 0.2) is 54.0 Å². The van der Waals surface area contributed by atoms with Gasteiger partial charge in [0.05, 0.1) is 30.1 Å². The number of rotatable bonds is 2. The molecule has 2 aliphatic rings. The summed E-state index contributed by atoms with van der Waals surface area (Å²) in [6.07, 6.45) is 4.74. The summed E-state index contributed by atoms with van der Waals surface area (Å²) in [7, 11) is 1.36. The van der Waals surface area contributed by atoms with Crippen LogP contribution in [0.25, 0.3) is 0 Å². The molecule has 144 valence electrons. The maximum Gasteiger partial charge on any atom is 0.337 e. The molecule has 1 aliphatic carbocycles. The summed E-state index contributed by atoms with van der Waals surface area (Å²) in [5.41, 5.74) is 4.46. The van der Waals surface area contributed by atoms with Crippen molar-refractivity contribution in [3.63, 3.8) is 0 Å². The Bertz CT molecular complexity index is 980. The molecule has 0 fully saturated rings. The van der Waals surface area contributed by atoms with E-state index in [0.717, 1.165) is 34.6 Å². The molecule has 0 bridgehead atoms. The number of Topliss-reactive ketones (excluding diaryl/α,β-unsaturated/α-hetero) is 1. The molecule has 1 aromatic carbocycles. The van der Waals surface area contributed by atoms with Gasteiger partial charge in [0.2, 0.25) is 0 Å². The summed E-state index contributed by atoms with van der Waals surface area (Å²) >= 11 is 0. The van der Waals surface area contributed by atoms with Crippen molar-refractivity contribution >= 4 is 23.1 Å². The molecule has 0 spiro atoms. The summed E-state index contributed by atoms with van der Waals surface area (Å²) in [5, 5.41) is 6.92. The van der Waals surface area contributed by atoms with E-state index >= 15 is 0 Å². The van der Waals surface area contributed by atoms with Gasteiger partial charge in [-0.05, 0) is 41.7 Å². The summed E-state index contributed by atoms with van der Waals surface area (Å²) < 4.78 is 4.84. The van der Waals surface area contributed by atoms with Gasteiger partial charge in [-0.25, -0.2) is 4.79 Å². The third-order valence-electron chi connectivity index (χ3n) is 5.25. The molecule has 1 aromatic heterocycles. The van der Waals surface area contributed by atoms with E-state index in [0.29, 0.717) is 12.0 Å². The molecule has 1 unspecified atom stereocenters. The van der Waals surface area contributed by atoms with Gasteiger partial charge in [0, 0.05) is 30.1 Å². The number of methoxy groups -OCH3 is 1. The number of allylic oxidation sites excluding steroid dienone is 1. The van der Waals surface area contributed by atoms with Crippen molar-refractivity contribution in [2.45, 2.75) is 32.7 Å². The molecule has 28 heavy (non-hydrogen) atoms. The maximum atomic E-state index is 13.1. The molecule has 0 saturated heterocycles. The Kier molecular flexibility index (Phi) is 4.41. The molecule has 6 nitrogen and oxygen atoms in total. The van der Waals surface area contributed by atoms with E-state index in [-0.39, 0.29) is 17.2 Å². The Morgan fingerprint density at radius 1 is 1.21 bits per heavy atom. The highest BCUT2D eigenvalue weighted by Crippen LogP contribution is 2.45. The number of fused-ring (bicyclic) bond motifs is 1. The fraction of sp³-hybridized carbons (Fsp3) is 0.318. The second-order valence-electron chi connectivity index (χ2n) is 8.07. The lowest BCUT2D eigenvalue weighted by Gasteiger charge is -2.34. The normalized spacial score (nSPS) is 20.2. The van der Waals surface area contributed by atoms with Crippen LogP contribution in [0, 0.1) is 5.41 Å². The highest BCUT2D eigenvalue weighted by Gasteiger charge is 2.38. The molecule has 0 radical (unpaired) electrons.